The maximum Gasteiger partial charge on any atom is 0.264 e. The number of thioether (sulfide) groups is 1. The van der Waals surface area contributed by atoms with Gasteiger partial charge in [0.25, 0.3) is 5.91 Å². The SMILES string of the molecule is Cc1cccc(CO[C@H]2CSC3(C2)CN(C(=O)[C@H]2Cc4ccccc4O2)C3)n1. The van der Waals surface area contributed by atoms with Crippen LogP contribution in [0.3, 0.4) is 0 Å². The minimum absolute atomic E-state index is 0.121. The van der Waals surface area contributed by atoms with Crippen LogP contribution in [0.5, 0.6) is 5.75 Å². The van der Waals surface area contributed by atoms with Crippen molar-refractivity contribution in [3.8, 4) is 5.75 Å². The Hall–Kier alpha value is -2.05. The third-order valence-corrected chi connectivity index (χ3v) is 7.36. The number of nitrogens with zero attached hydrogens (tertiary/aromatic N) is 2. The molecule has 1 amide bonds. The quantitative estimate of drug-likeness (QED) is 0.795. The van der Waals surface area contributed by atoms with Crippen LogP contribution in [0.4, 0.5) is 0 Å². The van der Waals surface area contributed by atoms with Gasteiger partial charge in [0, 0.05) is 31.0 Å². The minimum Gasteiger partial charge on any atom is -0.480 e. The zero-order valence-corrected chi connectivity index (χ0v) is 16.8. The number of pyridine rings is 1. The first-order valence-corrected chi connectivity index (χ1v) is 10.8. The Morgan fingerprint density at radius 2 is 2.14 bits per heavy atom. The number of hydrogen-bond donors (Lipinski definition) is 0. The first-order chi connectivity index (χ1) is 13.6. The van der Waals surface area contributed by atoms with Gasteiger partial charge < -0.3 is 14.4 Å². The van der Waals surface area contributed by atoms with Crippen molar-refractivity contribution in [2.45, 2.75) is 43.3 Å². The molecule has 0 aliphatic carbocycles. The fourth-order valence-corrected chi connectivity index (χ4v) is 5.89. The van der Waals surface area contributed by atoms with Crippen LogP contribution in [-0.2, 0) is 22.6 Å². The summed E-state index contributed by atoms with van der Waals surface area (Å²) in [4.78, 5) is 19.3. The third kappa shape index (κ3) is 3.40. The van der Waals surface area contributed by atoms with Gasteiger partial charge in [-0.1, -0.05) is 24.3 Å². The van der Waals surface area contributed by atoms with Crippen molar-refractivity contribution in [1.82, 2.24) is 9.88 Å². The molecule has 0 unspecified atom stereocenters. The molecule has 0 N–H and O–H groups in total. The topological polar surface area (TPSA) is 51.7 Å². The number of fused-ring (bicyclic) bond motifs is 1. The number of benzene rings is 1. The van der Waals surface area contributed by atoms with Crippen molar-refractivity contribution >= 4 is 17.7 Å². The molecule has 146 valence electrons. The predicted octanol–water partition coefficient (Wildman–Crippen LogP) is 3.00. The van der Waals surface area contributed by atoms with Gasteiger partial charge in [0.05, 0.1) is 23.2 Å². The molecule has 5 rings (SSSR count). The smallest absolute Gasteiger partial charge is 0.264 e. The monoisotopic (exact) mass is 396 g/mol. The molecular weight excluding hydrogens is 372 g/mol. The first-order valence-electron chi connectivity index (χ1n) is 9.82. The lowest BCUT2D eigenvalue weighted by atomic mass is 9.92. The van der Waals surface area contributed by atoms with E-state index in [4.69, 9.17) is 9.47 Å². The van der Waals surface area contributed by atoms with E-state index in [1.165, 1.54) is 0 Å². The van der Waals surface area contributed by atoms with Crippen LogP contribution in [-0.4, -0.2) is 51.6 Å². The Morgan fingerprint density at radius 3 is 2.96 bits per heavy atom. The Kier molecular flexibility index (Phi) is 4.56. The molecule has 3 aliphatic rings. The second kappa shape index (κ2) is 7.08. The van der Waals surface area contributed by atoms with E-state index in [1.807, 2.05) is 66.1 Å². The first kappa shape index (κ1) is 18.0. The van der Waals surface area contributed by atoms with Crippen molar-refractivity contribution in [2.24, 2.45) is 0 Å². The highest BCUT2D eigenvalue weighted by Gasteiger charge is 2.52. The number of carbonyl (C=O) groups excluding carboxylic acids is 1. The molecule has 4 heterocycles. The van der Waals surface area contributed by atoms with Gasteiger partial charge in [0.2, 0.25) is 0 Å². The van der Waals surface area contributed by atoms with Crippen molar-refractivity contribution in [3.05, 3.63) is 59.4 Å². The van der Waals surface area contributed by atoms with E-state index in [9.17, 15) is 4.79 Å². The van der Waals surface area contributed by atoms with E-state index < -0.39 is 0 Å². The number of amides is 1. The Balaban J connectivity index is 1.11. The molecule has 0 bridgehead atoms. The summed E-state index contributed by atoms with van der Waals surface area (Å²) in [6.45, 7) is 4.15. The highest BCUT2D eigenvalue weighted by molar-refractivity contribution is 8.01. The zero-order valence-electron chi connectivity index (χ0n) is 16.0. The summed E-state index contributed by atoms with van der Waals surface area (Å²) in [5.41, 5.74) is 3.13. The predicted molar refractivity (Wildman–Crippen MR) is 108 cm³/mol. The van der Waals surface area contributed by atoms with Crippen LogP contribution in [0.15, 0.2) is 42.5 Å². The highest BCUT2D eigenvalue weighted by Crippen LogP contribution is 2.46. The summed E-state index contributed by atoms with van der Waals surface area (Å²) in [5, 5.41) is 0. The van der Waals surface area contributed by atoms with Crippen molar-refractivity contribution in [1.29, 1.82) is 0 Å². The van der Waals surface area contributed by atoms with Gasteiger partial charge in [0.1, 0.15) is 5.75 Å². The van der Waals surface area contributed by atoms with Gasteiger partial charge in [-0.25, -0.2) is 0 Å². The Bertz CT molecular complexity index is 872. The summed E-state index contributed by atoms with van der Waals surface area (Å²) >= 11 is 1.95. The molecule has 28 heavy (non-hydrogen) atoms. The Labute approximate surface area is 169 Å². The fraction of sp³-hybridized carbons (Fsp3) is 0.455. The number of aromatic nitrogens is 1. The van der Waals surface area contributed by atoms with E-state index in [1.54, 1.807) is 0 Å². The second-order valence-electron chi connectivity index (χ2n) is 8.01. The molecule has 0 saturated carbocycles. The maximum atomic E-state index is 12.8. The molecule has 5 nitrogen and oxygen atoms in total. The van der Waals surface area contributed by atoms with Gasteiger partial charge in [0.15, 0.2) is 6.10 Å². The summed E-state index contributed by atoms with van der Waals surface area (Å²) < 4.78 is 12.1. The maximum absolute atomic E-state index is 12.8. The van der Waals surface area contributed by atoms with Gasteiger partial charge >= 0.3 is 0 Å². The molecule has 0 radical (unpaired) electrons. The van der Waals surface area contributed by atoms with Gasteiger partial charge in [-0.2, -0.15) is 0 Å². The number of carbonyl (C=O) groups is 1. The van der Waals surface area contributed by atoms with Crippen molar-refractivity contribution < 1.29 is 14.3 Å². The average molecular weight is 397 g/mol. The number of rotatable bonds is 4. The largest absolute Gasteiger partial charge is 0.480 e. The normalized spacial score (nSPS) is 24.7. The molecule has 1 aromatic heterocycles. The lowest BCUT2D eigenvalue weighted by Crippen LogP contribution is -2.63. The van der Waals surface area contributed by atoms with E-state index in [-0.39, 0.29) is 22.9 Å². The van der Waals surface area contributed by atoms with Crippen LogP contribution < -0.4 is 4.74 Å². The summed E-state index contributed by atoms with van der Waals surface area (Å²) in [5.74, 6) is 1.96. The minimum atomic E-state index is -0.361. The highest BCUT2D eigenvalue weighted by atomic mass is 32.2. The van der Waals surface area contributed by atoms with Crippen molar-refractivity contribution in [3.63, 3.8) is 0 Å². The van der Waals surface area contributed by atoms with Gasteiger partial charge in [-0.3, -0.25) is 9.78 Å². The molecule has 2 atom stereocenters. The summed E-state index contributed by atoms with van der Waals surface area (Å²) in [7, 11) is 0. The molecule has 1 aromatic carbocycles. The van der Waals surface area contributed by atoms with E-state index in [0.29, 0.717) is 13.0 Å². The molecule has 2 fully saturated rings. The molecular formula is C22H24N2O3S. The molecule has 2 saturated heterocycles. The van der Waals surface area contributed by atoms with Gasteiger partial charge in [-0.05, 0) is 37.1 Å². The second-order valence-corrected chi connectivity index (χ2v) is 9.50. The average Bonchev–Trinajstić information content (AvgIpc) is 3.29. The number of hydrogen-bond acceptors (Lipinski definition) is 5. The van der Waals surface area contributed by atoms with Crippen LogP contribution in [0, 0.1) is 6.92 Å². The standard InChI is InChI=1S/C22H24N2O3S/c1-15-5-4-7-17(23-15)11-26-18-10-22(28-12-18)13-24(14-22)21(25)20-9-16-6-2-3-8-19(16)27-20/h2-8,18,20H,9-14H2,1H3/t18-,20-/m1/s1. The molecule has 2 aromatic rings. The summed E-state index contributed by atoms with van der Waals surface area (Å²) in [6, 6.07) is 14.0. The van der Waals surface area contributed by atoms with Crippen LogP contribution in [0.2, 0.25) is 0 Å². The lowest BCUT2D eigenvalue weighted by molar-refractivity contribution is -0.143. The number of likely N-dealkylation sites (tertiary alicyclic amines) is 1. The lowest BCUT2D eigenvalue weighted by Gasteiger charge is -2.48. The van der Waals surface area contributed by atoms with Crippen LogP contribution in [0.25, 0.3) is 0 Å². The van der Waals surface area contributed by atoms with Crippen LogP contribution >= 0.6 is 11.8 Å². The number of para-hydroxylation sites is 1. The van der Waals surface area contributed by atoms with E-state index in [0.717, 1.165) is 48.0 Å². The molecule has 3 aliphatic heterocycles. The van der Waals surface area contributed by atoms with Crippen molar-refractivity contribution in [2.75, 3.05) is 18.8 Å². The van der Waals surface area contributed by atoms with Gasteiger partial charge in [-0.15, -0.1) is 11.8 Å². The zero-order chi connectivity index (χ0) is 19.1. The fourth-order valence-electron chi connectivity index (χ4n) is 4.34. The third-order valence-electron chi connectivity index (χ3n) is 5.78. The number of ether oxygens (including phenoxy) is 2. The molecule has 1 spiro atoms. The van der Waals surface area contributed by atoms with E-state index in [2.05, 4.69) is 4.98 Å². The van der Waals surface area contributed by atoms with Crippen LogP contribution in [0.1, 0.15) is 23.4 Å². The summed E-state index contributed by atoms with van der Waals surface area (Å²) in [6.07, 6.45) is 1.55. The Morgan fingerprint density at radius 1 is 1.29 bits per heavy atom. The molecule has 6 heteroatoms. The van der Waals surface area contributed by atoms with E-state index >= 15 is 0 Å². The number of aryl methyl sites for hydroxylation is 1.